The van der Waals surface area contributed by atoms with E-state index in [1.165, 1.54) is 22.4 Å². The van der Waals surface area contributed by atoms with Crippen molar-refractivity contribution in [1.82, 2.24) is 0 Å². The quantitative estimate of drug-likeness (QED) is 0.460. The van der Waals surface area contributed by atoms with Gasteiger partial charge in [-0.1, -0.05) is 57.2 Å². The van der Waals surface area contributed by atoms with Gasteiger partial charge in [0, 0.05) is 5.69 Å². The van der Waals surface area contributed by atoms with Crippen molar-refractivity contribution in [2.45, 2.75) is 85.6 Å². The highest BCUT2D eigenvalue weighted by atomic mass is 32.2. The van der Waals surface area contributed by atoms with Gasteiger partial charge >= 0.3 is 0 Å². The Morgan fingerprint density at radius 2 is 1.54 bits per heavy atom. The van der Waals surface area contributed by atoms with E-state index in [9.17, 15) is 0 Å². The first-order chi connectivity index (χ1) is 11.1. The molecular weight excluding hydrogens is 312 g/mol. The third kappa shape index (κ3) is 5.84. The second-order valence-corrected chi connectivity index (χ2v) is 8.65. The van der Waals surface area contributed by atoms with Crippen LogP contribution in [-0.4, -0.2) is 17.0 Å². The molecular formula is C21H36N2S. The van der Waals surface area contributed by atoms with Crippen LogP contribution in [0.2, 0.25) is 0 Å². The lowest BCUT2D eigenvalue weighted by Gasteiger charge is -2.25. The number of rotatable bonds is 5. The van der Waals surface area contributed by atoms with E-state index in [0.29, 0.717) is 11.8 Å². The maximum atomic E-state index is 4.87. The summed E-state index contributed by atoms with van der Waals surface area (Å²) in [5.41, 5.74) is 5.39. The van der Waals surface area contributed by atoms with E-state index in [-0.39, 0.29) is 5.54 Å². The highest BCUT2D eigenvalue weighted by Crippen LogP contribution is 2.37. The summed E-state index contributed by atoms with van der Waals surface area (Å²) in [6, 6.07) is 4.69. The van der Waals surface area contributed by atoms with Gasteiger partial charge in [-0.05, 0) is 69.8 Å². The van der Waals surface area contributed by atoms with Gasteiger partial charge in [-0.15, -0.1) is 0 Å². The number of amidine groups is 1. The Labute approximate surface area is 153 Å². The Kier molecular flexibility index (Phi) is 7.85. The van der Waals surface area contributed by atoms with Gasteiger partial charge in [-0.2, -0.15) is 0 Å². The molecule has 0 bridgehead atoms. The van der Waals surface area contributed by atoms with Crippen LogP contribution >= 0.6 is 11.8 Å². The Hall–Kier alpha value is -0.960. The molecule has 0 spiro atoms. The largest absolute Gasteiger partial charge is 0.335 e. The van der Waals surface area contributed by atoms with E-state index < -0.39 is 0 Å². The third-order valence-electron chi connectivity index (χ3n) is 4.49. The fourth-order valence-corrected chi connectivity index (χ4v) is 3.31. The Bertz CT molecular complexity index is 539. The van der Waals surface area contributed by atoms with E-state index in [1.54, 1.807) is 11.8 Å². The molecule has 24 heavy (non-hydrogen) atoms. The molecule has 0 fully saturated rings. The van der Waals surface area contributed by atoms with Crippen molar-refractivity contribution in [3.05, 3.63) is 28.8 Å². The second kappa shape index (κ2) is 8.94. The number of benzene rings is 1. The normalized spacial score (nSPS) is 15.3. The molecule has 1 aromatic rings. The molecule has 0 radical (unpaired) electrons. The van der Waals surface area contributed by atoms with Crippen LogP contribution in [0.15, 0.2) is 17.1 Å². The Balaban J connectivity index is 3.48. The zero-order valence-corrected chi connectivity index (χ0v) is 17.9. The molecule has 1 N–H and O–H groups in total. The van der Waals surface area contributed by atoms with E-state index in [0.717, 1.165) is 18.0 Å². The predicted molar refractivity (Wildman–Crippen MR) is 113 cm³/mol. The number of nitrogens with zero attached hydrogens (tertiary/aromatic N) is 1. The highest BCUT2D eigenvalue weighted by molar-refractivity contribution is 8.13. The minimum Gasteiger partial charge on any atom is -0.335 e. The third-order valence-corrected chi connectivity index (χ3v) is 5.07. The molecule has 1 rings (SSSR count). The molecule has 0 aliphatic rings. The Morgan fingerprint density at radius 1 is 1.08 bits per heavy atom. The van der Waals surface area contributed by atoms with Crippen molar-refractivity contribution < 1.29 is 0 Å². The number of aliphatic imine (C=N–C) groups is 1. The fourth-order valence-electron chi connectivity index (χ4n) is 2.74. The van der Waals surface area contributed by atoms with Crippen LogP contribution in [0.4, 0.5) is 5.69 Å². The topological polar surface area (TPSA) is 24.4 Å². The molecule has 136 valence electrons. The van der Waals surface area contributed by atoms with Crippen molar-refractivity contribution in [3.8, 4) is 0 Å². The number of anilines is 1. The molecule has 0 aliphatic carbocycles. The van der Waals surface area contributed by atoms with Crippen molar-refractivity contribution in [3.63, 3.8) is 0 Å². The monoisotopic (exact) mass is 348 g/mol. The van der Waals surface area contributed by atoms with Gasteiger partial charge in [0.15, 0.2) is 5.17 Å². The van der Waals surface area contributed by atoms with Crippen LogP contribution in [0.5, 0.6) is 0 Å². The van der Waals surface area contributed by atoms with Gasteiger partial charge in [0.2, 0.25) is 0 Å². The van der Waals surface area contributed by atoms with Crippen molar-refractivity contribution in [2.24, 2.45) is 4.99 Å². The summed E-state index contributed by atoms with van der Waals surface area (Å²) in [6.45, 7) is 17.8. The predicted octanol–water partition coefficient (Wildman–Crippen LogP) is 6.95. The highest BCUT2D eigenvalue weighted by Gasteiger charge is 2.19. The standard InChI is InChI=1S/C21H36N2S/c1-10-15(4)17-12-14(3)13-18(16(5)11-2)19(17)22-20(24-9)23-21(6,7)8/h12-13,15-16H,10-11H2,1-9H3,(H,22,23). The lowest BCUT2D eigenvalue weighted by atomic mass is 9.87. The maximum absolute atomic E-state index is 4.87. The van der Waals surface area contributed by atoms with Gasteiger partial charge in [-0.25, -0.2) is 0 Å². The van der Waals surface area contributed by atoms with Crippen LogP contribution < -0.4 is 5.32 Å². The number of hydrogen-bond donors (Lipinski definition) is 1. The first-order valence-electron chi connectivity index (χ1n) is 9.18. The van der Waals surface area contributed by atoms with Crippen LogP contribution in [0.1, 0.15) is 89.8 Å². The van der Waals surface area contributed by atoms with E-state index >= 15 is 0 Å². The molecule has 2 atom stereocenters. The summed E-state index contributed by atoms with van der Waals surface area (Å²) < 4.78 is 0. The fraction of sp³-hybridized carbons (Fsp3) is 0.667. The van der Waals surface area contributed by atoms with Crippen molar-refractivity contribution >= 4 is 22.6 Å². The molecule has 0 saturated heterocycles. The van der Waals surface area contributed by atoms with Gasteiger partial charge in [-0.3, -0.25) is 4.99 Å². The molecule has 0 amide bonds. The van der Waals surface area contributed by atoms with E-state index in [1.807, 2.05) is 0 Å². The number of nitrogens with one attached hydrogen (secondary N) is 1. The summed E-state index contributed by atoms with van der Waals surface area (Å²) in [5.74, 6) is 1.07. The van der Waals surface area contributed by atoms with Crippen LogP contribution in [-0.2, 0) is 0 Å². The SMILES string of the molecule is CCC(C)c1cc(C)cc(C(C)CC)c1NC(=NC(C)(C)C)SC. The molecule has 2 nitrogen and oxygen atoms in total. The van der Waals surface area contributed by atoms with Gasteiger partial charge in [0.05, 0.1) is 5.54 Å². The minimum atomic E-state index is -0.0802. The van der Waals surface area contributed by atoms with Crippen molar-refractivity contribution in [2.75, 3.05) is 11.6 Å². The van der Waals surface area contributed by atoms with E-state index in [2.05, 4.69) is 79.1 Å². The molecule has 2 unspecified atom stereocenters. The number of thioether (sulfide) groups is 1. The number of hydrogen-bond acceptors (Lipinski definition) is 2. The zero-order valence-electron chi connectivity index (χ0n) is 17.1. The Morgan fingerprint density at radius 3 is 1.88 bits per heavy atom. The summed E-state index contributed by atoms with van der Waals surface area (Å²) >= 11 is 1.69. The summed E-state index contributed by atoms with van der Waals surface area (Å²) in [7, 11) is 0. The van der Waals surface area contributed by atoms with E-state index in [4.69, 9.17) is 4.99 Å². The first-order valence-corrected chi connectivity index (χ1v) is 10.4. The molecule has 1 aromatic carbocycles. The van der Waals surface area contributed by atoms with Gasteiger partial charge in [0.1, 0.15) is 0 Å². The molecule has 3 heteroatoms. The minimum absolute atomic E-state index is 0.0802. The summed E-state index contributed by atoms with van der Waals surface area (Å²) in [5, 5.41) is 4.69. The smallest absolute Gasteiger partial charge is 0.161 e. The average Bonchev–Trinajstić information content (AvgIpc) is 2.52. The second-order valence-electron chi connectivity index (χ2n) is 7.85. The van der Waals surface area contributed by atoms with Crippen LogP contribution in [0.25, 0.3) is 0 Å². The summed E-state index contributed by atoms with van der Waals surface area (Å²) in [4.78, 5) is 4.87. The van der Waals surface area contributed by atoms with Gasteiger partial charge < -0.3 is 5.32 Å². The lowest BCUT2D eigenvalue weighted by Crippen LogP contribution is -2.19. The maximum Gasteiger partial charge on any atom is 0.161 e. The average molecular weight is 349 g/mol. The lowest BCUT2D eigenvalue weighted by molar-refractivity contribution is 0.585. The molecule has 0 aliphatic heterocycles. The zero-order chi connectivity index (χ0) is 18.5. The molecule has 0 aromatic heterocycles. The molecule has 0 saturated carbocycles. The van der Waals surface area contributed by atoms with Gasteiger partial charge in [0.25, 0.3) is 0 Å². The van der Waals surface area contributed by atoms with Crippen molar-refractivity contribution in [1.29, 1.82) is 0 Å². The van der Waals surface area contributed by atoms with Crippen LogP contribution in [0, 0.1) is 6.92 Å². The summed E-state index contributed by atoms with van der Waals surface area (Å²) in [6.07, 6.45) is 4.38. The number of aryl methyl sites for hydroxylation is 1. The van der Waals surface area contributed by atoms with Crippen LogP contribution in [0.3, 0.4) is 0 Å². The first kappa shape index (κ1) is 21.1. The molecule has 0 heterocycles.